The van der Waals surface area contributed by atoms with E-state index in [0.717, 1.165) is 4.47 Å². The first-order valence-corrected chi connectivity index (χ1v) is 6.38. The van der Waals surface area contributed by atoms with Crippen molar-refractivity contribution in [2.75, 3.05) is 7.05 Å². The van der Waals surface area contributed by atoms with Gasteiger partial charge in [0, 0.05) is 19.0 Å². The van der Waals surface area contributed by atoms with Crippen molar-refractivity contribution in [1.82, 2.24) is 15.1 Å². The van der Waals surface area contributed by atoms with E-state index in [2.05, 4.69) is 33.4 Å². The van der Waals surface area contributed by atoms with Crippen LogP contribution in [0.5, 0.6) is 0 Å². The number of nitrogens with one attached hydrogen (secondary N) is 1. The first-order valence-electron chi connectivity index (χ1n) is 5.58. The predicted octanol–water partition coefficient (Wildman–Crippen LogP) is 2.43. The zero-order valence-corrected chi connectivity index (χ0v) is 10.9. The third kappa shape index (κ3) is 2.11. The lowest BCUT2D eigenvalue weighted by Crippen LogP contribution is -2.35. The molecule has 0 bridgehead atoms. The van der Waals surface area contributed by atoms with Crippen LogP contribution >= 0.6 is 15.9 Å². The third-order valence-corrected chi connectivity index (χ3v) is 4.04. The molecule has 0 radical (unpaired) electrons. The number of rotatable bonds is 2. The lowest BCUT2D eigenvalue weighted by atomic mass is 9.82. The molecule has 3 nitrogen and oxygen atoms in total. The summed E-state index contributed by atoms with van der Waals surface area (Å²) >= 11 is 3.60. The topological polar surface area (TPSA) is 29.9 Å². The van der Waals surface area contributed by atoms with E-state index in [1.807, 2.05) is 17.9 Å². The minimum Gasteiger partial charge on any atom is -0.316 e. The number of hydrogen-bond acceptors (Lipinski definition) is 2. The summed E-state index contributed by atoms with van der Waals surface area (Å²) in [6, 6.07) is 0.602. The van der Waals surface area contributed by atoms with Crippen LogP contribution in [0.15, 0.2) is 10.7 Å². The summed E-state index contributed by atoms with van der Waals surface area (Å²) < 4.78 is 3.15. The lowest BCUT2D eigenvalue weighted by molar-refractivity contribution is 0.331. The van der Waals surface area contributed by atoms with Crippen molar-refractivity contribution in [1.29, 1.82) is 0 Å². The van der Waals surface area contributed by atoms with Gasteiger partial charge in [0.1, 0.15) is 0 Å². The molecule has 2 rings (SSSR count). The molecule has 2 unspecified atom stereocenters. The van der Waals surface area contributed by atoms with Gasteiger partial charge in [0.05, 0.1) is 16.4 Å². The monoisotopic (exact) mass is 271 g/mol. The molecule has 0 amide bonds. The second-order valence-corrected chi connectivity index (χ2v) is 5.14. The molecule has 84 valence electrons. The quantitative estimate of drug-likeness (QED) is 0.896. The van der Waals surface area contributed by atoms with Gasteiger partial charge in [0.2, 0.25) is 0 Å². The van der Waals surface area contributed by atoms with Gasteiger partial charge in [-0.05, 0) is 35.8 Å². The highest BCUT2D eigenvalue weighted by atomic mass is 79.9. The van der Waals surface area contributed by atoms with E-state index in [0.29, 0.717) is 12.0 Å². The van der Waals surface area contributed by atoms with Gasteiger partial charge in [-0.3, -0.25) is 4.68 Å². The van der Waals surface area contributed by atoms with E-state index < -0.39 is 0 Å². The van der Waals surface area contributed by atoms with Gasteiger partial charge in [0.15, 0.2) is 0 Å². The van der Waals surface area contributed by atoms with E-state index in [1.54, 1.807) is 0 Å². The Hall–Kier alpha value is -0.350. The van der Waals surface area contributed by atoms with Crippen molar-refractivity contribution in [2.45, 2.75) is 37.6 Å². The summed E-state index contributed by atoms with van der Waals surface area (Å²) in [6.07, 6.45) is 7.12. The molecule has 2 atom stereocenters. The zero-order valence-electron chi connectivity index (χ0n) is 9.33. The standard InChI is InChI=1S/C11H18BrN3/c1-13-10-6-4-3-5-8(10)11-9(12)7-14-15(11)2/h7-8,10,13H,3-6H2,1-2H3. The second kappa shape index (κ2) is 4.66. The number of aryl methyl sites for hydroxylation is 1. The van der Waals surface area contributed by atoms with E-state index in [4.69, 9.17) is 0 Å². The van der Waals surface area contributed by atoms with Crippen LogP contribution < -0.4 is 5.32 Å². The van der Waals surface area contributed by atoms with Crippen LogP contribution in [0.3, 0.4) is 0 Å². The summed E-state index contributed by atoms with van der Waals surface area (Å²) in [5.41, 5.74) is 1.34. The molecule has 0 spiro atoms. The molecule has 0 saturated heterocycles. The Morgan fingerprint density at radius 3 is 2.80 bits per heavy atom. The maximum atomic E-state index is 4.30. The molecule has 1 aliphatic rings. The molecular weight excluding hydrogens is 254 g/mol. The minimum absolute atomic E-state index is 0.602. The number of hydrogen-bond donors (Lipinski definition) is 1. The van der Waals surface area contributed by atoms with Crippen LogP contribution in [0.2, 0.25) is 0 Å². The van der Waals surface area contributed by atoms with Gasteiger partial charge in [-0.15, -0.1) is 0 Å². The third-order valence-electron chi connectivity index (χ3n) is 3.43. The number of nitrogens with zero attached hydrogens (tertiary/aromatic N) is 2. The van der Waals surface area contributed by atoms with Gasteiger partial charge < -0.3 is 5.32 Å². The average molecular weight is 272 g/mol. The largest absolute Gasteiger partial charge is 0.316 e. The Morgan fingerprint density at radius 1 is 1.47 bits per heavy atom. The molecule has 1 aromatic heterocycles. The molecule has 1 aromatic rings. The average Bonchev–Trinajstić information content (AvgIpc) is 2.59. The van der Waals surface area contributed by atoms with Gasteiger partial charge in [-0.25, -0.2) is 0 Å². The molecule has 1 N–H and O–H groups in total. The fourth-order valence-electron chi connectivity index (χ4n) is 2.64. The van der Waals surface area contributed by atoms with Crippen LogP contribution in [0, 0.1) is 0 Å². The second-order valence-electron chi connectivity index (χ2n) is 4.29. The molecule has 4 heteroatoms. The molecular formula is C11H18BrN3. The van der Waals surface area contributed by atoms with Gasteiger partial charge >= 0.3 is 0 Å². The molecule has 1 fully saturated rings. The summed E-state index contributed by atoms with van der Waals surface area (Å²) in [4.78, 5) is 0. The van der Waals surface area contributed by atoms with E-state index in [-0.39, 0.29) is 0 Å². The Balaban J connectivity index is 2.27. The number of halogens is 1. The summed E-state index contributed by atoms with van der Waals surface area (Å²) in [6.45, 7) is 0. The summed E-state index contributed by atoms with van der Waals surface area (Å²) in [7, 11) is 4.09. The molecule has 1 saturated carbocycles. The fourth-order valence-corrected chi connectivity index (χ4v) is 3.28. The van der Waals surface area contributed by atoms with E-state index >= 15 is 0 Å². The van der Waals surface area contributed by atoms with Crippen molar-refractivity contribution in [3.05, 3.63) is 16.4 Å². The van der Waals surface area contributed by atoms with E-state index in [9.17, 15) is 0 Å². The van der Waals surface area contributed by atoms with Crippen LogP contribution in [0.25, 0.3) is 0 Å². The van der Waals surface area contributed by atoms with Crippen molar-refractivity contribution in [3.8, 4) is 0 Å². The highest BCUT2D eigenvalue weighted by molar-refractivity contribution is 9.10. The zero-order chi connectivity index (χ0) is 10.8. The fraction of sp³-hybridized carbons (Fsp3) is 0.727. The molecule has 15 heavy (non-hydrogen) atoms. The van der Waals surface area contributed by atoms with Crippen molar-refractivity contribution in [3.63, 3.8) is 0 Å². The lowest BCUT2D eigenvalue weighted by Gasteiger charge is -2.31. The minimum atomic E-state index is 0.602. The van der Waals surface area contributed by atoms with Crippen molar-refractivity contribution in [2.24, 2.45) is 7.05 Å². The Kier molecular flexibility index (Phi) is 3.46. The van der Waals surface area contributed by atoms with Crippen molar-refractivity contribution >= 4 is 15.9 Å². The number of aromatic nitrogens is 2. The molecule has 0 aliphatic heterocycles. The highest BCUT2D eigenvalue weighted by Gasteiger charge is 2.28. The van der Waals surface area contributed by atoms with Crippen LogP contribution in [0.1, 0.15) is 37.3 Å². The number of likely N-dealkylation sites (N-methyl/N-ethyl adjacent to an activating group) is 1. The van der Waals surface area contributed by atoms with Crippen LogP contribution in [-0.2, 0) is 7.05 Å². The van der Waals surface area contributed by atoms with Gasteiger partial charge in [-0.2, -0.15) is 5.10 Å². The predicted molar refractivity (Wildman–Crippen MR) is 65.0 cm³/mol. The molecule has 1 heterocycles. The summed E-state index contributed by atoms with van der Waals surface area (Å²) in [5, 5.41) is 7.74. The Morgan fingerprint density at radius 2 is 2.20 bits per heavy atom. The van der Waals surface area contributed by atoms with Crippen molar-refractivity contribution < 1.29 is 0 Å². The normalized spacial score (nSPS) is 26.9. The smallest absolute Gasteiger partial charge is 0.0635 e. The van der Waals surface area contributed by atoms with Crippen LogP contribution in [-0.4, -0.2) is 22.9 Å². The first kappa shape index (κ1) is 11.1. The molecule has 1 aliphatic carbocycles. The highest BCUT2D eigenvalue weighted by Crippen LogP contribution is 2.36. The summed E-state index contributed by atoms with van der Waals surface area (Å²) in [5.74, 6) is 0.602. The molecule has 0 aromatic carbocycles. The Labute approximate surface area is 99.4 Å². The van der Waals surface area contributed by atoms with Gasteiger partial charge in [0.25, 0.3) is 0 Å². The van der Waals surface area contributed by atoms with E-state index in [1.165, 1.54) is 31.4 Å². The first-order chi connectivity index (χ1) is 7.24. The maximum Gasteiger partial charge on any atom is 0.0635 e. The Bertz CT molecular complexity index is 315. The van der Waals surface area contributed by atoms with Gasteiger partial charge in [-0.1, -0.05) is 12.8 Å². The SMILES string of the molecule is CNC1CCCCC1c1c(Br)cnn1C. The maximum absolute atomic E-state index is 4.30. The van der Waals surface area contributed by atoms with Crippen LogP contribution in [0.4, 0.5) is 0 Å².